The number of methoxy groups -OCH3 is 1. The first-order valence-corrected chi connectivity index (χ1v) is 5.53. The Hall–Kier alpha value is -0.910. The molecule has 0 saturated carbocycles. The van der Waals surface area contributed by atoms with E-state index in [1.165, 1.54) is 0 Å². The number of halogens is 1. The van der Waals surface area contributed by atoms with Gasteiger partial charge in [-0.1, -0.05) is 0 Å². The first-order chi connectivity index (χ1) is 7.17. The van der Waals surface area contributed by atoms with E-state index >= 15 is 0 Å². The standard InChI is InChI=1S/C11H11IO3/c1-15-10-2-3-11(12)8(7-10)6-9(14)4-5-13/h2-3,5,7H,4,6H2,1H3. The first kappa shape index (κ1) is 12.2. The van der Waals surface area contributed by atoms with Crippen molar-refractivity contribution in [1.82, 2.24) is 0 Å². The van der Waals surface area contributed by atoms with Gasteiger partial charge in [0, 0.05) is 9.99 Å². The number of ether oxygens (including phenoxy) is 1. The molecule has 1 aromatic rings. The SMILES string of the molecule is COc1ccc(I)c(CC(=O)CC=O)c1. The fraction of sp³-hybridized carbons (Fsp3) is 0.273. The average molecular weight is 318 g/mol. The summed E-state index contributed by atoms with van der Waals surface area (Å²) in [6, 6.07) is 5.56. The summed E-state index contributed by atoms with van der Waals surface area (Å²) in [4.78, 5) is 21.5. The minimum absolute atomic E-state index is 0.0205. The number of carbonyl (C=O) groups excluding carboxylic acids is 2. The van der Waals surface area contributed by atoms with Crippen molar-refractivity contribution in [2.45, 2.75) is 12.8 Å². The zero-order valence-electron chi connectivity index (χ0n) is 8.33. The fourth-order valence-electron chi connectivity index (χ4n) is 1.19. The summed E-state index contributed by atoms with van der Waals surface area (Å²) in [6.45, 7) is 0. The summed E-state index contributed by atoms with van der Waals surface area (Å²) in [6.07, 6.45) is 0.900. The normalized spacial score (nSPS) is 9.73. The minimum atomic E-state index is -0.0730. The van der Waals surface area contributed by atoms with E-state index in [4.69, 9.17) is 4.74 Å². The van der Waals surface area contributed by atoms with Crippen molar-refractivity contribution in [3.63, 3.8) is 0 Å². The van der Waals surface area contributed by atoms with E-state index in [0.29, 0.717) is 6.29 Å². The van der Waals surface area contributed by atoms with Gasteiger partial charge in [-0.15, -0.1) is 0 Å². The number of aldehydes is 1. The summed E-state index contributed by atoms with van der Waals surface area (Å²) >= 11 is 2.16. The molecular formula is C11H11IO3. The Labute approximate surface area is 102 Å². The van der Waals surface area contributed by atoms with Crippen LogP contribution in [0.15, 0.2) is 18.2 Å². The van der Waals surface area contributed by atoms with Gasteiger partial charge in [0.2, 0.25) is 0 Å². The predicted molar refractivity (Wildman–Crippen MR) is 65.1 cm³/mol. The van der Waals surface area contributed by atoms with Gasteiger partial charge in [-0.05, 0) is 46.4 Å². The van der Waals surface area contributed by atoms with Gasteiger partial charge in [0.05, 0.1) is 13.5 Å². The maximum Gasteiger partial charge on any atom is 0.144 e. The molecule has 0 fully saturated rings. The van der Waals surface area contributed by atoms with Crippen LogP contribution < -0.4 is 4.74 Å². The largest absolute Gasteiger partial charge is 0.497 e. The fourth-order valence-corrected chi connectivity index (χ4v) is 1.72. The average Bonchev–Trinajstić information content (AvgIpc) is 2.21. The van der Waals surface area contributed by atoms with E-state index in [1.54, 1.807) is 7.11 Å². The number of carbonyl (C=O) groups is 2. The molecular weight excluding hydrogens is 307 g/mol. The summed E-state index contributed by atoms with van der Waals surface area (Å²) in [5.41, 5.74) is 0.904. The molecule has 0 unspecified atom stereocenters. The van der Waals surface area contributed by atoms with Crippen LogP contribution >= 0.6 is 22.6 Å². The molecule has 0 heterocycles. The van der Waals surface area contributed by atoms with Gasteiger partial charge in [-0.2, -0.15) is 0 Å². The lowest BCUT2D eigenvalue weighted by atomic mass is 10.1. The van der Waals surface area contributed by atoms with Crippen LogP contribution in [-0.2, 0) is 16.0 Å². The summed E-state index contributed by atoms with van der Waals surface area (Å²) in [5, 5.41) is 0. The van der Waals surface area contributed by atoms with Crippen LogP contribution in [0.25, 0.3) is 0 Å². The molecule has 3 nitrogen and oxygen atoms in total. The van der Waals surface area contributed by atoms with E-state index in [9.17, 15) is 9.59 Å². The lowest BCUT2D eigenvalue weighted by Gasteiger charge is -2.05. The zero-order chi connectivity index (χ0) is 11.3. The van der Waals surface area contributed by atoms with E-state index in [1.807, 2.05) is 18.2 Å². The second-order valence-electron chi connectivity index (χ2n) is 3.04. The number of benzene rings is 1. The highest BCUT2D eigenvalue weighted by atomic mass is 127. The Morgan fingerprint density at radius 3 is 2.87 bits per heavy atom. The van der Waals surface area contributed by atoms with Gasteiger partial charge >= 0.3 is 0 Å². The van der Waals surface area contributed by atoms with Gasteiger partial charge in [-0.25, -0.2) is 0 Å². The Kier molecular flexibility index (Phi) is 4.74. The topological polar surface area (TPSA) is 43.4 Å². The Morgan fingerprint density at radius 2 is 2.27 bits per heavy atom. The molecule has 0 atom stereocenters. The third kappa shape index (κ3) is 3.62. The molecule has 0 spiro atoms. The number of rotatable bonds is 5. The van der Waals surface area contributed by atoms with Crippen molar-refractivity contribution in [3.8, 4) is 5.75 Å². The third-order valence-electron chi connectivity index (χ3n) is 1.95. The minimum Gasteiger partial charge on any atom is -0.497 e. The third-order valence-corrected chi connectivity index (χ3v) is 3.00. The lowest BCUT2D eigenvalue weighted by molar-refractivity contribution is -0.121. The number of Topliss-reactive ketones (excluding diaryl/α,β-unsaturated/α-hetero) is 1. The molecule has 0 N–H and O–H groups in total. The lowest BCUT2D eigenvalue weighted by Crippen LogP contribution is -2.04. The van der Waals surface area contributed by atoms with Crippen molar-refractivity contribution in [3.05, 3.63) is 27.3 Å². The van der Waals surface area contributed by atoms with Crippen LogP contribution in [0.4, 0.5) is 0 Å². The van der Waals surface area contributed by atoms with E-state index < -0.39 is 0 Å². The van der Waals surface area contributed by atoms with Gasteiger partial charge in [0.25, 0.3) is 0 Å². The monoisotopic (exact) mass is 318 g/mol. The molecule has 0 aliphatic rings. The zero-order valence-corrected chi connectivity index (χ0v) is 10.5. The molecule has 0 aromatic heterocycles. The molecule has 0 amide bonds. The van der Waals surface area contributed by atoms with Crippen LogP contribution in [0.2, 0.25) is 0 Å². The smallest absolute Gasteiger partial charge is 0.144 e. The number of hydrogen-bond donors (Lipinski definition) is 0. The van der Waals surface area contributed by atoms with Gasteiger partial charge in [0.1, 0.15) is 17.8 Å². The highest BCUT2D eigenvalue weighted by Gasteiger charge is 2.07. The first-order valence-electron chi connectivity index (χ1n) is 4.45. The van der Waals surface area contributed by atoms with Crippen LogP contribution in [0.3, 0.4) is 0 Å². The predicted octanol–water partition coefficient (Wildman–Crippen LogP) is 2.00. The van der Waals surface area contributed by atoms with Crippen molar-refractivity contribution < 1.29 is 14.3 Å². The molecule has 4 heteroatoms. The van der Waals surface area contributed by atoms with E-state index in [-0.39, 0.29) is 18.6 Å². The second kappa shape index (κ2) is 5.85. The van der Waals surface area contributed by atoms with Crippen LogP contribution in [0.1, 0.15) is 12.0 Å². The molecule has 15 heavy (non-hydrogen) atoms. The van der Waals surface area contributed by atoms with Gasteiger partial charge in [-0.3, -0.25) is 4.79 Å². The molecule has 0 radical (unpaired) electrons. The Balaban J connectivity index is 2.83. The van der Waals surface area contributed by atoms with E-state index in [0.717, 1.165) is 14.9 Å². The highest BCUT2D eigenvalue weighted by molar-refractivity contribution is 14.1. The molecule has 0 aliphatic heterocycles. The summed E-state index contributed by atoms with van der Waals surface area (Å²) < 4.78 is 6.07. The van der Waals surface area contributed by atoms with E-state index in [2.05, 4.69) is 22.6 Å². The molecule has 1 rings (SSSR count). The highest BCUT2D eigenvalue weighted by Crippen LogP contribution is 2.20. The van der Waals surface area contributed by atoms with Crippen LogP contribution in [-0.4, -0.2) is 19.2 Å². The number of ketones is 1. The summed E-state index contributed by atoms with van der Waals surface area (Å²) in [7, 11) is 1.58. The maximum atomic E-state index is 11.3. The molecule has 80 valence electrons. The molecule has 1 aromatic carbocycles. The molecule has 0 aliphatic carbocycles. The van der Waals surface area contributed by atoms with Crippen molar-refractivity contribution in [1.29, 1.82) is 0 Å². The van der Waals surface area contributed by atoms with Gasteiger partial charge in [0.15, 0.2) is 0 Å². The van der Waals surface area contributed by atoms with Crippen LogP contribution in [0, 0.1) is 3.57 Å². The Morgan fingerprint density at radius 1 is 1.53 bits per heavy atom. The quantitative estimate of drug-likeness (QED) is 0.474. The molecule has 0 saturated heterocycles. The van der Waals surface area contributed by atoms with Crippen LogP contribution in [0.5, 0.6) is 5.75 Å². The van der Waals surface area contributed by atoms with Crippen molar-refractivity contribution >= 4 is 34.7 Å². The van der Waals surface area contributed by atoms with Crippen molar-refractivity contribution in [2.24, 2.45) is 0 Å². The molecule has 0 bridgehead atoms. The maximum absolute atomic E-state index is 11.3. The summed E-state index contributed by atoms with van der Waals surface area (Å²) in [5.74, 6) is 0.653. The Bertz CT molecular complexity index is 374. The van der Waals surface area contributed by atoms with Gasteiger partial charge < -0.3 is 9.53 Å². The van der Waals surface area contributed by atoms with Crippen molar-refractivity contribution in [2.75, 3.05) is 7.11 Å². The number of hydrogen-bond acceptors (Lipinski definition) is 3. The second-order valence-corrected chi connectivity index (χ2v) is 4.21.